The van der Waals surface area contributed by atoms with E-state index in [4.69, 9.17) is 9.88 Å². The molecule has 7 nitrogen and oxygen atoms in total. The van der Waals surface area contributed by atoms with Crippen LogP contribution in [0.1, 0.15) is 11.1 Å². The Morgan fingerprint density at radius 1 is 1.12 bits per heavy atom. The maximum Gasteiger partial charge on any atom is 0.319 e. The van der Waals surface area contributed by atoms with Crippen LogP contribution in [0.4, 0.5) is 10.5 Å². The number of benzene rings is 2. The molecular weight excluding hydrogens is 342 g/mol. The van der Waals surface area contributed by atoms with Crippen molar-refractivity contribution in [3.05, 3.63) is 53.6 Å². The van der Waals surface area contributed by atoms with E-state index >= 15 is 0 Å². The van der Waals surface area contributed by atoms with E-state index in [0.717, 1.165) is 0 Å². The number of amides is 2. The lowest BCUT2D eigenvalue weighted by Crippen LogP contribution is -2.32. The maximum absolute atomic E-state index is 11.7. The molecule has 0 fully saturated rings. The number of carbonyl (C=O) groups is 1. The highest BCUT2D eigenvalue weighted by Crippen LogP contribution is 2.25. The molecule has 0 bridgehead atoms. The SMILES string of the molecule is Cc1cc(S(N)(=O)=O)c(C)cc1OCCNC(=O)Nc1ccccc1. The highest BCUT2D eigenvalue weighted by Gasteiger charge is 2.14. The molecule has 0 aliphatic heterocycles. The van der Waals surface area contributed by atoms with Gasteiger partial charge in [-0.05, 0) is 49.2 Å². The summed E-state index contributed by atoms with van der Waals surface area (Å²) in [5.74, 6) is 0.551. The third kappa shape index (κ3) is 5.47. The lowest BCUT2D eigenvalue weighted by atomic mass is 10.1. The Labute approximate surface area is 147 Å². The van der Waals surface area contributed by atoms with E-state index in [9.17, 15) is 13.2 Å². The normalized spacial score (nSPS) is 11.0. The van der Waals surface area contributed by atoms with Gasteiger partial charge in [0.05, 0.1) is 11.4 Å². The average molecular weight is 363 g/mol. The Kier molecular flexibility index (Phi) is 6.00. The van der Waals surface area contributed by atoms with Crippen molar-refractivity contribution in [1.29, 1.82) is 0 Å². The van der Waals surface area contributed by atoms with Crippen LogP contribution in [-0.4, -0.2) is 27.6 Å². The van der Waals surface area contributed by atoms with Crippen LogP contribution in [0.25, 0.3) is 0 Å². The van der Waals surface area contributed by atoms with E-state index in [0.29, 0.717) is 29.1 Å². The minimum absolute atomic E-state index is 0.0812. The van der Waals surface area contributed by atoms with Crippen LogP contribution in [0.2, 0.25) is 0 Å². The van der Waals surface area contributed by atoms with Gasteiger partial charge in [0.2, 0.25) is 10.0 Å². The largest absolute Gasteiger partial charge is 0.491 e. The van der Waals surface area contributed by atoms with Gasteiger partial charge < -0.3 is 15.4 Å². The highest BCUT2D eigenvalue weighted by atomic mass is 32.2. The number of anilines is 1. The van der Waals surface area contributed by atoms with Gasteiger partial charge in [0.1, 0.15) is 12.4 Å². The number of rotatable bonds is 6. The van der Waals surface area contributed by atoms with Gasteiger partial charge in [0, 0.05) is 5.69 Å². The van der Waals surface area contributed by atoms with Gasteiger partial charge >= 0.3 is 6.03 Å². The lowest BCUT2D eigenvalue weighted by molar-refractivity contribution is 0.247. The first-order valence-corrected chi connectivity index (χ1v) is 9.19. The van der Waals surface area contributed by atoms with E-state index in [1.807, 2.05) is 18.2 Å². The van der Waals surface area contributed by atoms with Crippen molar-refractivity contribution >= 4 is 21.7 Å². The van der Waals surface area contributed by atoms with E-state index in [1.165, 1.54) is 6.07 Å². The molecule has 0 heterocycles. The number of aryl methyl sites for hydroxylation is 2. The number of hydrogen-bond acceptors (Lipinski definition) is 4. The minimum atomic E-state index is -3.76. The molecule has 0 saturated carbocycles. The lowest BCUT2D eigenvalue weighted by Gasteiger charge is -2.13. The quantitative estimate of drug-likeness (QED) is 0.683. The van der Waals surface area contributed by atoms with Crippen LogP contribution in [0, 0.1) is 13.8 Å². The number of primary sulfonamides is 1. The predicted octanol–water partition coefficient (Wildman–Crippen LogP) is 2.15. The third-order valence-electron chi connectivity index (χ3n) is 3.46. The van der Waals surface area contributed by atoms with E-state index < -0.39 is 10.0 Å². The number of nitrogens with two attached hydrogens (primary N) is 1. The Morgan fingerprint density at radius 2 is 1.80 bits per heavy atom. The Balaban J connectivity index is 1.86. The Bertz CT molecular complexity index is 852. The van der Waals surface area contributed by atoms with Crippen LogP contribution >= 0.6 is 0 Å². The number of sulfonamides is 1. The molecule has 0 radical (unpaired) electrons. The average Bonchev–Trinajstić information content (AvgIpc) is 2.54. The monoisotopic (exact) mass is 363 g/mol. The summed E-state index contributed by atoms with van der Waals surface area (Å²) in [4.78, 5) is 11.8. The van der Waals surface area contributed by atoms with E-state index in [1.54, 1.807) is 32.0 Å². The maximum atomic E-state index is 11.7. The second-order valence-corrected chi connectivity index (χ2v) is 7.05. The second kappa shape index (κ2) is 8.00. The molecule has 25 heavy (non-hydrogen) atoms. The van der Waals surface area contributed by atoms with Gasteiger partial charge in [-0.25, -0.2) is 18.4 Å². The van der Waals surface area contributed by atoms with Crippen LogP contribution in [-0.2, 0) is 10.0 Å². The molecule has 2 aromatic carbocycles. The summed E-state index contributed by atoms with van der Waals surface area (Å²) in [6.45, 7) is 3.93. The Morgan fingerprint density at radius 3 is 2.44 bits per heavy atom. The summed E-state index contributed by atoms with van der Waals surface area (Å²) in [6.07, 6.45) is 0. The molecule has 0 aliphatic carbocycles. The Hall–Kier alpha value is -2.58. The molecule has 0 spiro atoms. The summed E-state index contributed by atoms with van der Waals surface area (Å²) in [5, 5.41) is 10.6. The van der Waals surface area contributed by atoms with Crippen molar-refractivity contribution in [3.8, 4) is 5.75 Å². The van der Waals surface area contributed by atoms with Crippen molar-refractivity contribution in [2.24, 2.45) is 5.14 Å². The molecule has 0 aromatic heterocycles. The molecule has 2 rings (SSSR count). The first-order valence-electron chi connectivity index (χ1n) is 7.64. The number of carbonyl (C=O) groups excluding carboxylic acids is 1. The zero-order valence-electron chi connectivity index (χ0n) is 14.1. The molecule has 2 aromatic rings. The first-order chi connectivity index (χ1) is 11.8. The molecular formula is C17H21N3O4S. The van der Waals surface area contributed by atoms with Gasteiger partial charge in [-0.2, -0.15) is 0 Å². The smallest absolute Gasteiger partial charge is 0.319 e. The summed E-state index contributed by atoms with van der Waals surface area (Å²) in [5.41, 5.74) is 1.87. The van der Waals surface area contributed by atoms with Gasteiger partial charge in [-0.3, -0.25) is 0 Å². The summed E-state index contributed by atoms with van der Waals surface area (Å²) in [6, 6.07) is 11.9. The molecule has 4 N–H and O–H groups in total. The minimum Gasteiger partial charge on any atom is -0.491 e. The van der Waals surface area contributed by atoms with Crippen LogP contribution in [0.15, 0.2) is 47.4 Å². The van der Waals surface area contributed by atoms with Gasteiger partial charge in [0.25, 0.3) is 0 Å². The molecule has 2 amide bonds. The molecule has 0 unspecified atom stereocenters. The van der Waals surface area contributed by atoms with Gasteiger partial charge in [-0.15, -0.1) is 0 Å². The summed E-state index contributed by atoms with van der Waals surface area (Å²) >= 11 is 0. The number of hydrogen-bond donors (Lipinski definition) is 3. The van der Waals surface area contributed by atoms with Gasteiger partial charge in [0.15, 0.2) is 0 Å². The first kappa shape index (κ1) is 18.8. The molecule has 0 aliphatic rings. The van der Waals surface area contributed by atoms with Crippen LogP contribution in [0.3, 0.4) is 0 Å². The van der Waals surface area contributed by atoms with Gasteiger partial charge in [-0.1, -0.05) is 18.2 Å². The predicted molar refractivity (Wildman–Crippen MR) is 96.2 cm³/mol. The fourth-order valence-corrected chi connectivity index (χ4v) is 3.10. The standard InChI is InChI=1S/C17H21N3O4S/c1-12-11-16(25(18,22)23)13(2)10-15(12)24-9-8-19-17(21)20-14-6-4-3-5-7-14/h3-7,10-11H,8-9H2,1-2H3,(H2,18,22,23)(H2,19,20,21). The number of ether oxygens (including phenoxy) is 1. The summed E-state index contributed by atoms with van der Waals surface area (Å²) < 4.78 is 28.6. The number of nitrogens with one attached hydrogen (secondary N) is 2. The summed E-state index contributed by atoms with van der Waals surface area (Å²) in [7, 11) is -3.76. The molecule has 8 heteroatoms. The van der Waals surface area contributed by atoms with Crippen molar-refractivity contribution in [2.45, 2.75) is 18.7 Å². The van der Waals surface area contributed by atoms with Crippen molar-refractivity contribution in [3.63, 3.8) is 0 Å². The van der Waals surface area contributed by atoms with Crippen molar-refractivity contribution in [2.75, 3.05) is 18.5 Å². The fourth-order valence-electron chi connectivity index (χ4n) is 2.25. The molecule has 134 valence electrons. The zero-order chi connectivity index (χ0) is 18.4. The van der Waals surface area contributed by atoms with Crippen LogP contribution < -0.4 is 20.5 Å². The molecule has 0 saturated heterocycles. The third-order valence-corrected chi connectivity index (χ3v) is 4.51. The number of urea groups is 1. The second-order valence-electron chi connectivity index (χ2n) is 5.52. The highest BCUT2D eigenvalue weighted by molar-refractivity contribution is 7.89. The fraction of sp³-hybridized carbons (Fsp3) is 0.235. The topological polar surface area (TPSA) is 111 Å². The van der Waals surface area contributed by atoms with Crippen molar-refractivity contribution in [1.82, 2.24) is 5.32 Å². The van der Waals surface area contributed by atoms with E-state index in [2.05, 4.69) is 10.6 Å². The zero-order valence-corrected chi connectivity index (χ0v) is 14.9. The number of para-hydroxylation sites is 1. The van der Waals surface area contributed by atoms with E-state index in [-0.39, 0.29) is 17.5 Å². The molecule has 0 atom stereocenters. The van der Waals surface area contributed by atoms with Crippen molar-refractivity contribution < 1.29 is 17.9 Å². The van der Waals surface area contributed by atoms with Crippen LogP contribution in [0.5, 0.6) is 5.75 Å².